The van der Waals surface area contributed by atoms with Crippen LogP contribution in [0.25, 0.3) is 0 Å². The summed E-state index contributed by atoms with van der Waals surface area (Å²) < 4.78 is 5.31. The largest absolute Gasteiger partial charge is 0.497 e. The van der Waals surface area contributed by atoms with Gasteiger partial charge in [0.2, 0.25) is 0 Å². The van der Waals surface area contributed by atoms with Crippen molar-refractivity contribution in [3.05, 3.63) is 29.8 Å². The topological polar surface area (TPSA) is 21.3 Å². The van der Waals surface area contributed by atoms with Crippen LogP contribution in [0.3, 0.4) is 0 Å². The van der Waals surface area contributed by atoms with Crippen molar-refractivity contribution in [2.75, 3.05) is 13.7 Å². The monoisotopic (exact) mass is 273 g/mol. The first-order valence-electron chi connectivity index (χ1n) is 8.12. The van der Waals surface area contributed by atoms with Crippen LogP contribution in [0.4, 0.5) is 0 Å². The van der Waals surface area contributed by atoms with Crippen molar-refractivity contribution in [2.45, 2.75) is 57.4 Å². The highest BCUT2D eigenvalue weighted by Crippen LogP contribution is 2.44. The molecule has 0 spiro atoms. The summed E-state index contributed by atoms with van der Waals surface area (Å²) in [6.45, 7) is 3.58. The Hall–Kier alpha value is -1.02. The second-order valence-corrected chi connectivity index (χ2v) is 6.73. The van der Waals surface area contributed by atoms with E-state index in [2.05, 4.69) is 30.4 Å². The summed E-state index contributed by atoms with van der Waals surface area (Å²) in [5.41, 5.74) is 2.08. The van der Waals surface area contributed by atoms with E-state index in [4.69, 9.17) is 4.74 Å². The molecule has 0 amide bonds. The Labute approximate surface area is 122 Å². The first-order valence-corrected chi connectivity index (χ1v) is 8.12. The minimum Gasteiger partial charge on any atom is -0.497 e. The zero-order chi connectivity index (χ0) is 14.0. The Bertz CT molecular complexity index is 441. The van der Waals surface area contributed by atoms with E-state index in [1.54, 1.807) is 7.11 Å². The first-order chi connectivity index (χ1) is 9.74. The van der Waals surface area contributed by atoms with Gasteiger partial charge in [-0.25, -0.2) is 0 Å². The second-order valence-electron chi connectivity index (χ2n) is 6.73. The van der Waals surface area contributed by atoms with Gasteiger partial charge in [-0.05, 0) is 61.1 Å². The molecule has 3 rings (SSSR count). The lowest BCUT2D eigenvalue weighted by Gasteiger charge is -2.45. The third kappa shape index (κ3) is 2.71. The maximum Gasteiger partial charge on any atom is 0.119 e. The van der Waals surface area contributed by atoms with Crippen LogP contribution in [0.5, 0.6) is 5.75 Å². The Morgan fingerprint density at radius 2 is 2.10 bits per heavy atom. The molecule has 0 aliphatic heterocycles. The van der Waals surface area contributed by atoms with Gasteiger partial charge in [0, 0.05) is 12.6 Å². The van der Waals surface area contributed by atoms with Gasteiger partial charge in [-0.1, -0.05) is 25.5 Å². The van der Waals surface area contributed by atoms with Crippen molar-refractivity contribution in [2.24, 2.45) is 5.41 Å². The zero-order valence-corrected chi connectivity index (χ0v) is 12.8. The van der Waals surface area contributed by atoms with Crippen LogP contribution in [0, 0.1) is 5.41 Å². The smallest absolute Gasteiger partial charge is 0.119 e. The lowest BCUT2D eigenvalue weighted by Crippen LogP contribution is -2.47. The van der Waals surface area contributed by atoms with Gasteiger partial charge in [0.05, 0.1) is 7.11 Å². The molecular weight excluding hydrogens is 246 g/mol. The van der Waals surface area contributed by atoms with Gasteiger partial charge in [0.15, 0.2) is 0 Å². The third-order valence-electron chi connectivity index (χ3n) is 5.63. The van der Waals surface area contributed by atoms with Gasteiger partial charge >= 0.3 is 0 Å². The molecule has 2 heteroatoms. The SMILES string of the molecule is CCC1(CNC2CC(c3cccc(OC)c3)C2)CCC1. The molecule has 2 nitrogen and oxygen atoms in total. The lowest BCUT2D eigenvalue weighted by molar-refractivity contribution is 0.109. The molecule has 0 bridgehead atoms. The summed E-state index contributed by atoms with van der Waals surface area (Å²) in [6.07, 6.45) is 8.21. The first kappa shape index (κ1) is 13.9. The van der Waals surface area contributed by atoms with Crippen LogP contribution >= 0.6 is 0 Å². The van der Waals surface area contributed by atoms with Gasteiger partial charge < -0.3 is 10.1 Å². The van der Waals surface area contributed by atoms with Crippen LogP contribution in [0.15, 0.2) is 24.3 Å². The van der Waals surface area contributed by atoms with Crippen molar-refractivity contribution in [1.82, 2.24) is 5.32 Å². The molecule has 0 atom stereocenters. The second kappa shape index (κ2) is 5.77. The Balaban J connectivity index is 1.46. The maximum atomic E-state index is 5.31. The van der Waals surface area contributed by atoms with Crippen molar-refractivity contribution < 1.29 is 4.74 Å². The molecule has 2 aliphatic carbocycles. The number of nitrogens with one attached hydrogen (secondary N) is 1. The predicted octanol–water partition coefficient (Wildman–Crippen LogP) is 4.11. The molecule has 0 saturated heterocycles. The summed E-state index contributed by atoms with van der Waals surface area (Å²) in [6, 6.07) is 9.30. The molecule has 0 radical (unpaired) electrons. The van der Waals surface area contributed by atoms with E-state index in [1.165, 1.54) is 50.6 Å². The lowest BCUT2D eigenvalue weighted by atomic mass is 9.66. The molecule has 2 saturated carbocycles. The molecule has 0 heterocycles. The molecule has 20 heavy (non-hydrogen) atoms. The van der Waals surface area contributed by atoms with Crippen LogP contribution in [0.1, 0.15) is 56.9 Å². The normalized spacial score (nSPS) is 27.5. The van der Waals surface area contributed by atoms with E-state index < -0.39 is 0 Å². The molecule has 0 aromatic heterocycles. The molecule has 2 aliphatic rings. The van der Waals surface area contributed by atoms with E-state index in [1.807, 2.05) is 6.07 Å². The van der Waals surface area contributed by atoms with Crippen LogP contribution in [0.2, 0.25) is 0 Å². The van der Waals surface area contributed by atoms with Gasteiger partial charge in [-0.3, -0.25) is 0 Å². The quantitative estimate of drug-likeness (QED) is 0.842. The molecule has 1 aromatic carbocycles. The van der Waals surface area contributed by atoms with Crippen LogP contribution in [-0.2, 0) is 0 Å². The number of hydrogen-bond donors (Lipinski definition) is 1. The van der Waals surface area contributed by atoms with Gasteiger partial charge in [-0.2, -0.15) is 0 Å². The minimum atomic E-state index is 0.640. The Morgan fingerprint density at radius 1 is 1.30 bits per heavy atom. The average Bonchev–Trinajstić information content (AvgIpc) is 2.40. The summed E-state index contributed by atoms with van der Waals surface area (Å²) in [4.78, 5) is 0. The molecule has 0 unspecified atom stereocenters. The molecule has 1 N–H and O–H groups in total. The van der Waals surface area contributed by atoms with Crippen molar-refractivity contribution in [1.29, 1.82) is 0 Å². The van der Waals surface area contributed by atoms with Gasteiger partial charge in [0.1, 0.15) is 5.75 Å². The van der Waals surface area contributed by atoms with Crippen molar-refractivity contribution in [3.63, 3.8) is 0 Å². The molecule has 2 fully saturated rings. The standard InChI is InChI=1S/C18H27NO/c1-3-18(8-5-9-18)13-19-16-10-15(11-16)14-6-4-7-17(12-14)20-2/h4,6-7,12,15-16,19H,3,5,8-11,13H2,1-2H3. The molecular formula is C18H27NO. The fourth-order valence-electron chi connectivity index (χ4n) is 3.65. The van der Waals surface area contributed by atoms with E-state index in [0.717, 1.165) is 17.7 Å². The number of hydrogen-bond acceptors (Lipinski definition) is 2. The number of ether oxygens (including phenoxy) is 1. The highest BCUT2D eigenvalue weighted by Gasteiger charge is 2.37. The summed E-state index contributed by atoms with van der Waals surface area (Å²) >= 11 is 0. The highest BCUT2D eigenvalue weighted by molar-refractivity contribution is 5.32. The van der Waals surface area contributed by atoms with Crippen LogP contribution in [-0.4, -0.2) is 19.7 Å². The number of rotatable bonds is 6. The fourth-order valence-corrected chi connectivity index (χ4v) is 3.65. The van der Waals surface area contributed by atoms with Crippen LogP contribution < -0.4 is 10.1 Å². The van der Waals surface area contributed by atoms with E-state index in [-0.39, 0.29) is 0 Å². The van der Waals surface area contributed by atoms with Gasteiger partial charge in [-0.15, -0.1) is 0 Å². The van der Waals surface area contributed by atoms with E-state index >= 15 is 0 Å². The third-order valence-corrected chi connectivity index (χ3v) is 5.63. The van der Waals surface area contributed by atoms with E-state index in [0.29, 0.717) is 5.41 Å². The fraction of sp³-hybridized carbons (Fsp3) is 0.667. The average molecular weight is 273 g/mol. The summed E-state index contributed by atoms with van der Waals surface area (Å²) in [5.74, 6) is 1.71. The molecule has 110 valence electrons. The van der Waals surface area contributed by atoms with E-state index in [9.17, 15) is 0 Å². The van der Waals surface area contributed by atoms with Crippen molar-refractivity contribution in [3.8, 4) is 5.75 Å². The van der Waals surface area contributed by atoms with Gasteiger partial charge in [0.25, 0.3) is 0 Å². The Morgan fingerprint density at radius 3 is 2.70 bits per heavy atom. The minimum absolute atomic E-state index is 0.640. The summed E-state index contributed by atoms with van der Waals surface area (Å²) in [7, 11) is 1.74. The number of benzene rings is 1. The van der Waals surface area contributed by atoms with Crippen molar-refractivity contribution >= 4 is 0 Å². The predicted molar refractivity (Wildman–Crippen MR) is 83.3 cm³/mol. The summed E-state index contributed by atoms with van der Waals surface area (Å²) in [5, 5.41) is 3.81. The highest BCUT2D eigenvalue weighted by atomic mass is 16.5. The zero-order valence-electron chi connectivity index (χ0n) is 12.8. The maximum absolute atomic E-state index is 5.31. The molecule has 1 aromatic rings. The number of methoxy groups -OCH3 is 1. The Kier molecular flexibility index (Phi) is 4.02.